The molecule has 1 aromatic heterocycles. The summed E-state index contributed by atoms with van der Waals surface area (Å²) in [6, 6.07) is 0.0769. The molecule has 1 amide bonds. The molecule has 1 saturated carbocycles. The second-order valence-corrected chi connectivity index (χ2v) is 5.52. The van der Waals surface area contributed by atoms with Gasteiger partial charge in [0.25, 0.3) is 5.91 Å². The number of fused-ring (bicyclic) bond motifs is 2. The maximum atomic E-state index is 12.7. The van der Waals surface area contributed by atoms with Gasteiger partial charge in [0.1, 0.15) is 11.8 Å². The third-order valence-electron chi connectivity index (χ3n) is 4.18. The monoisotopic (exact) mass is 291 g/mol. The molecule has 0 N–H and O–H groups in total. The normalized spacial score (nSPS) is 28.5. The van der Waals surface area contributed by atoms with Crippen LogP contribution in [0.4, 0.5) is 0 Å². The summed E-state index contributed by atoms with van der Waals surface area (Å²) >= 11 is 0. The summed E-state index contributed by atoms with van der Waals surface area (Å²) in [5.41, 5.74) is 1.19. The van der Waals surface area contributed by atoms with Crippen molar-refractivity contribution in [1.82, 2.24) is 14.9 Å². The van der Waals surface area contributed by atoms with Crippen LogP contribution in [0.25, 0.3) is 0 Å². The Morgan fingerprint density at radius 3 is 3.00 bits per heavy atom. The number of hydrogen-bond acceptors (Lipinski definition) is 5. The zero-order chi connectivity index (χ0) is 14.8. The lowest BCUT2D eigenvalue weighted by atomic mass is 10.1. The van der Waals surface area contributed by atoms with E-state index in [-0.39, 0.29) is 24.2 Å². The lowest BCUT2D eigenvalue weighted by Crippen LogP contribution is -2.46. The summed E-state index contributed by atoms with van der Waals surface area (Å²) in [6.07, 6.45) is 5.11. The zero-order valence-corrected chi connectivity index (χ0v) is 12.5. The molecule has 0 unspecified atom stereocenters. The molecule has 2 aliphatic rings. The second-order valence-electron chi connectivity index (χ2n) is 5.52. The molecule has 6 heteroatoms. The Hall–Kier alpha value is -1.53. The Balaban J connectivity index is 1.82. The van der Waals surface area contributed by atoms with E-state index in [9.17, 15) is 4.79 Å². The first-order chi connectivity index (χ1) is 10.2. The van der Waals surface area contributed by atoms with Gasteiger partial charge in [0.05, 0.1) is 30.6 Å². The van der Waals surface area contributed by atoms with Crippen molar-refractivity contribution in [2.45, 2.75) is 44.9 Å². The molecule has 1 aliphatic carbocycles. The van der Waals surface area contributed by atoms with Crippen LogP contribution in [-0.4, -0.2) is 58.8 Å². The molecule has 0 spiro atoms. The number of carbonyl (C=O) groups excluding carboxylic acids is 1. The molecule has 1 saturated heterocycles. The van der Waals surface area contributed by atoms with Crippen molar-refractivity contribution in [3.63, 3.8) is 0 Å². The van der Waals surface area contributed by atoms with Crippen LogP contribution in [0.2, 0.25) is 0 Å². The number of aryl methyl sites for hydroxylation is 1. The molecule has 3 rings (SSSR count). The lowest BCUT2D eigenvalue weighted by molar-refractivity contribution is -0.0484. The van der Waals surface area contributed by atoms with Crippen LogP contribution in [0.5, 0.6) is 0 Å². The van der Waals surface area contributed by atoms with Gasteiger partial charge in [-0.1, -0.05) is 0 Å². The van der Waals surface area contributed by atoms with Crippen molar-refractivity contribution < 1.29 is 14.3 Å². The van der Waals surface area contributed by atoms with Crippen molar-refractivity contribution in [1.29, 1.82) is 0 Å². The first kappa shape index (κ1) is 14.4. The minimum atomic E-state index is -0.0802. The highest BCUT2D eigenvalue weighted by Gasteiger charge is 2.44. The maximum Gasteiger partial charge on any atom is 0.274 e. The van der Waals surface area contributed by atoms with E-state index in [0.717, 1.165) is 18.5 Å². The average Bonchev–Trinajstić information content (AvgIpc) is 2.76. The lowest BCUT2D eigenvalue weighted by Gasteiger charge is -2.30. The molecule has 2 bridgehead atoms. The Morgan fingerprint density at radius 1 is 1.43 bits per heavy atom. The molecule has 2 heterocycles. The van der Waals surface area contributed by atoms with E-state index >= 15 is 0 Å². The number of rotatable bonds is 3. The minimum Gasteiger partial charge on any atom is -0.374 e. The van der Waals surface area contributed by atoms with Crippen LogP contribution in [0.1, 0.15) is 35.9 Å². The fraction of sp³-hybridized carbons (Fsp3) is 0.667. The van der Waals surface area contributed by atoms with E-state index in [1.807, 2.05) is 18.7 Å². The number of ether oxygens (including phenoxy) is 2. The van der Waals surface area contributed by atoms with Crippen LogP contribution in [-0.2, 0) is 9.47 Å². The topological polar surface area (TPSA) is 64.6 Å². The SMILES string of the molecule is CCO[C@@H]1[C@H]2CC[C@H]1OCCN2C(=O)c1cnc(C)cn1. The molecule has 6 nitrogen and oxygen atoms in total. The quantitative estimate of drug-likeness (QED) is 0.837. The summed E-state index contributed by atoms with van der Waals surface area (Å²) in [4.78, 5) is 22.9. The van der Waals surface area contributed by atoms with Crippen LogP contribution >= 0.6 is 0 Å². The molecule has 1 aromatic rings. The highest BCUT2D eigenvalue weighted by atomic mass is 16.5. The third-order valence-corrected chi connectivity index (χ3v) is 4.18. The van der Waals surface area contributed by atoms with Gasteiger partial charge in [0, 0.05) is 19.3 Å². The largest absolute Gasteiger partial charge is 0.374 e. The third kappa shape index (κ3) is 2.78. The van der Waals surface area contributed by atoms with Gasteiger partial charge in [-0.15, -0.1) is 0 Å². The molecule has 114 valence electrons. The van der Waals surface area contributed by atoms with Gasteiger partial charge in [-0.2, -0.15) is 0 Å². The van der Waals surface area contributed by atoms with Crippen molar-refractivity contribution in [3.05, 3.63) is 23.8 Å². The molecule has 21 heavy (non-hydrogen) atoms. The van der Waals surface area contributed by atoms with Crippen molar-refractivity contribution in [2.24, 2.45) is 0 Å². The van der Waals surface area contributed by atoms with Crippen LogP contribution in [0.3, 0.4) is 0 Å². The van der Waals surface area contributed by atoms with Crippen molar-refractivity contribution in [2.75, 3.05) is 19.8 Å². The van der Waals surface area contributed by atoms with E-state index < -0.39 is 0 Å². The van der Waals surface area contributed by atoms with Gasteiger partial charge >= 0.3 is 0 Å². The first-order valence-electron chi connectivity index (χ1n) is 7.53. The Labute approximate surface area is 124 Å². The Morgan fingerprint density at radius 2 is 2.29 bits per heavy atom. The molecular formula is C15H21N3O3. The van der Waals surface area contributed by atoms with Gasteiger partial charge in [0.15, 0.2) is 0 Å². The highest BCUT2D eigenvalue weighted by molar-refractivity contribution is 5.92. The number of carbonyl (C=O) groups is 1. The van der Waals surface area contributed by atoms with E-state index in [1.54, 1.807) is 12.4 Å². The van der Waals surface area contributed by atoms with Gasteiger partial charge in [-0.05, 0) is 26.7 Å². The average molecular weight is 291 g/mol. The fourth-order valence-electron chi connectivity index (χ4n) is 3.20. The minimum absolute atomic E-state index is 0.0279. The van der Waals surface area contributed by atoms with E-state index in [2.05, 4.69) is 9.97 Å². The Bertz CT molecular complexity index is 505. The van der Waals surface area contributed by atoms with Gasteiger partial charge in [0.2, 0.25) is 0 Å². The fourth-order valence-corrected chi connectivity index (χ4v) is 3.20. The molecule has 3 atom stereocenters. The first-order valence-corrected chi connectivity index (χ1v) is 7.53. The van der Waals surface area contributed by atoms with Gasteiger partial charge < -0.3 is 14.4 Å². The van der Waals surface area contributed by atoms with Crippen molar-refractivity contribution in [3.8, 4) is 0 Å². The maximum absolute atomic E-state index is 12.7. The predicted octanol–water partition coefficient (Wildman–Crippen LogP) is 1.19. The van der Waals surface area contributed by atoms with Gasteiger partial charge in [-0.3, -0.25) is 9.78 Å². The summed E-state index contributed by atoms with van der Waals surface area (Å²) in [6.45, 7) is 5.60. The summed E-state index contributed by atoms with van der Waals surface area (Å²) < 4.78 is 11.7. The highest BCUT2D eigenvalue weighted by Crippen LogP contribution is 2.32. The smallest absolute Gasteiger partial charge is 0.274 e. The number of hydrogen-bond donors (Lipinski definition) is 0. The van der Waals surface area contributed by atoms with Crippen LogP contribution in [0, 0.1) is 6.92 Å². The number of amides is 1. The summed E-state index contributed by atoms with van der Waals surface area (Å²) in [7, 11) is 0. The molecule has 2 fully saturated rings. The van der Waals surface area contributed by atoms with E-state index in [4.69, 9.17) is 9.47 Å². The van der Waals surface area contributed by atoms with Crippen molar-refractivity contribution >= 4 is 5.91 Å². The van der Waals surface area contributed by atoms with Crippen LogP contribution < -0.4 is 0 Å². The standard InChI is InChI=1S/C15H21N3O3/c1-3-20-14-12-4-5-13(14)21-7-6-18(12)15(19)11-9-16-10(2)8-17-11/h8-9,12-14H,3-7H2,1-2H3/t12-,13-,14-/m1/s1. The predicted molar refractivity (Wildman–Crippen MR) is 76.0 cm³/mol. The summed E-state index contributed by atoms with van der Waals surface area (Å²) in [5.74, 6) is -0.0802. The molecule has 1 aliphatic heterocycles. The van der Waals surface area contributed by atoms with E-state index in [1.165, 1.54) is 0 Å². The Kier molecular flexibility index (Phi) is 4.17. The zero-order valence-electron chi connectivity index (χ0n) is 12.5. The number of aromatic nitrogens is 2. The number of nitrogens with zero attached hydrogens (tertiary/aromatic N) is 3. The molecule has 0 aromatic carbocycles. The molecule has 0 radical (unpaired) electrons. The molecular weight excluding hydrogens is 270 g/mol. The van der Waals surface area contributed by atoms with Gasteiger partial charge in [-0.25, -0.2) is 4.98 Å². The van der Waals surface area contributed by atoms with Crippen LogP contribution in [0.15, 0.2) is 12.4 Å². The second kappa shape index (κ2) is 6.07. The summed E-state index contributed by atoms with van der Waals surface area (Å²) in [5, 5.41) is 0. The van der Waals surface area contributed by atoms with E-state index in [0.29, 0.717) is 25.5 Å².